The number of carboxylic acids is 1. The van der Waals surface area contributed by atoms with Crippen molar-refractivity contribution in [3.8, 4) is 0 Å². The van der Waals surface area contributed by atoms with E-state index in [-0.39, 0.29) is 24.8 Å². The van der Waals surface area contributed by atoms with Crippen LogP contribution in [0.3, 0.4) is 0 Å². The number of carbonyl (C=O) groups is 3. The van der Waals surface area contributed by atoms with Gasteiger partial charge in [-0.05, 0) is 12.3 Å². The quantitative estimate of drug-likeness (QED) is 0.603. The number of amides is 2. The highest BCUT2D eigenvalue weighted by molar-refractivity contribution is 5.92. The first-order valence-electron chi connectivity index (χ1n) is 6.86. The lowest BCUT2D eigenvalue weighted by molar-refractivity contribution is -0.150. The van der Waals surface area contributed by atoms with E-state index in [1.165, 1.54) is 4.90 Å². The predicted octanol–water partition coefficient (Wildman–Crippen LogP) is -0.591. The molecule has 114 valence electrons. The van der Waals surface area contributed by atoms with E-state index < -0.39 is 17.9 Å². The third-order valence-electron chi connectivity index (χ3n) is 3.37. The molecule has 0 aromatic heterocycles. The average molecular weight is 285 g/mol. The number of hydrogen-bond donors (Lipinski definition) is 3. The van der Waals surface area contributed by atoms with Gasteiger partial charge in [-0.3, -0.25) is 14.4 Å². The normalized spacial score (nSPS) is 20.7. The van der Waals surface area contributed by atoms with Crippen molar-refractivity contribution in [3.63, 3.8) is 0 Å². The van der Waals surface area contributed by atoms with Crippen LogP contribution in [0, 0.1) is 11.8 Å². The van der Waals surface area contributed by atoms with Gasteiger partial charge in [-0.1, -0.05) is 13.8 Å². The Bertz CT molecular complexity index is 384. The Labute approximate surface area is 118 Å². The smallest absolute Gasteiger partial charge is 0.305 e. The number of carboxylic acid groups (broad SMARTS) is 1. The third-order valence-corrected chi connectivity index (χ3v) is 3.37. The number of nitrogens with one attached hydrogen (secondary N) is 1. The van der Waals surface area contributed by atoms with Crippen LogP contribution >= 0.6 is 0 Å². The van der Waals surface area contributed by atoms with Crippen LogP contribution < -0.4 is 11.1 Å². The Morgan fingerprint density at radius 3 is 2.65 bits per heavy atom. The first-order valence-corrected chi connectivity index (χ1v) is 6.86. The second-order valence-corrected chi connectivity index (χ2v) is 5.50. The molecule has 1 heterocycles. The number of nitrogens with two attached hydrogens (primary N) is 1. The van der Waals surface area contributed by atoms with Gasteiger partial charge in [-0.15, -0.1) is 0 Å². The van der Waals surface area contributed by atoms with E-state index in [2.05, 4.69) is 5.32 Å². The Morgan fingerprint density at radius 2 is 2.15 bits per heavy atom. The molecular weight excluding hydrogens is 262 g/mol. The van der Waals surface area contributed by atoms with Crippen molar-refractivity contribution in [2.75, 3.05) is 19.6 Å². The van der Waals surface area contributed by atoms with Gasteiger partial charge >= 0.3 is 5.97 Å². The van der Waals surface area contributed by atoms with Gasteiger partial charge in [0.05, 0.1) is 12.3 Å². The first-order chi connectivity index (χ1) is 9.36. The summed E-state index contributed by atoms with van der Waals surface area (Å²) in [5, 5.41) is 11.5. The zero-order valence-electron chi connectivity index (χ0n) is 12.0. The van der Waals surface area contributed by atoms with E-state index in [0.717, 1.165) is 0 Å². The van der Waals surface area contributed by atoms with E-state index in [9.17, 15) is 14.4 Å². The fraction of sp³-hybridized carbons (Fsp3) is 0.769. The number of nitrogens with zero attached hydrogens (tertiary/aromatic N) is 1. The van der Waals surface area contributed by atoms with Crippen LogP contribution in [0.25, 0.3) is 0 Å². The fourth-order valence-corrected chi connectivity index (χ4v) is 2.45. The summed E-state index contributed by atoms with van der Waals surface area (Å²) in [7, 11) is 0. The number of rotatable bonds is 6. The van der Waals surface area contributed by atoms with Crippen LogP contribution in [0.5, 0.6) is 0 Å². The Balaban J connectivity index is 2.85. The predicted molar refractivity (Wildman–Crippen MR) is 72.8 cm³/mol. The molecule has 1 fully saturated rings. The summed E-state index contributed by atoms with van der Waals surface area (Å²) in [6.45, 7) is 4.87. The molecule has 0 radical (unpaired) electrons. The minimum Gasteiger partial charge on any atom is -0.481 e. The zero-order valence-corrected chi connectivity index (χ0v) is 12.0. The molecule has 0 bridgehead atoms. The van der Waals surface area contributed by atoms with Gasteiger partial charge in [0.1, 0.15) is 6.04 Å². The van der Waals surface area contributed by atoms with E-state index in [4.69, 9.17) is 10.8 Å². The molecule has 2 atom stereocenters. The van der Waals surface area contributed by atoms with Crippen LogP contribution in [0.15, 0.2) is 0 Å². The number of hydrogen-bond acceptors (Lipinski definition) is 4. The largest absolute Gasteiger partial charge is 0.481 e. The van der Waals surface area contributed by atoms with Gasteiger partial charge in [0, 0.05) is 19.6 Å². The Hall–Kier alpha value is -1.63. The molecule has 0 spiro atoms. The van der Waals surface area contributed by atoms with Gasteiger partial charge < -0.3 is 21.1 Å². The molecule has 0 aromatic rings. The molecule has 0 saturated carbocycles. The molecule has 1 saturated heterocycles. The van der Waals surface area contributed by atoms with E-state index in [0.29, 0.717) is 25.4 Å². The fourth-order valence-electron chi connectivity index (χ4n) is 2.45. The first kappa shape index (κ1) is 16.4. The molecule has 2 unspecified atom stereocenters. The molecule has 1 aliphatic heterocycles. The van der Waals surface area contributed by atoms with Crippen molar-refractivity contribution in [1.29, 1.82) is 0 Å². The van der Waals surface area contributed by atoms with Gasteiger partial charge in [-0.25, -0.2) is 0 Å². The summed E-state index contributed by atoms with van der Waals surface area (Å²) in [5.74, 6) is -1.78. The standard InChI is InChI=1S/C13H23N3O4/c1-8(2)5-9(7-14)13(20)16-4-3-15-12(19)10(16)6-11(17)18/h8-10H,3-7,14H2,1-2H3,(H,15,19)(H,17,18). The van der Waals surface area contributed by atoms with Crippen LogP contribution in [0.2, 0.25) is 0 Å². The molecular formula is C13H23N3O4. The summed E-state index contributed by atoms with van der Waals surface area (Å²) >= 11 is 0. The SMILES string of the molecule is CC(C)CC(CN)C(=O)N1CCNC(=O)C1CC(=O)O. The molecule has 7 nitrogen and oxygen atoms in total. The van der Waals surface area contributed by atoms with Gasteiger partial charge in [0.25, 0.3) is 0 Å². The number of aliphatic carboxylic acids is 1. The third kappa shape index (κ3) is 4.19. The zero-order chi connectivity index (χ0) is 15.3. The molecule has 0 aromatic carbocycles. The van der Waals surface area contributed by atoms with E-state index in [1.54, 1.807) is 0 Å². The highest BCUT2D eigenvalue weighted by atomic mass is 16.4. The monoisotopic (exact) mass is 285 g/mol. The van der Waals surface area contributed by atoms with Crippen LogP contribution in [-0.2, 0) is 14.4 Å². The molecule has 4 N–H and O–H groups in total. The van der Waals surface area contributed by atoms with Crippen molar-refractivity contribution in [3.05, 3.63) is 0 Å². The lowest BCUT2D eigenvalue weighted by atomic mass is 9.94. The number of piperazine rings is 1. The molecule has 0 aliphatic carbocycles. The minimum absolute atomic E-state index is 0.203. The minimum atomic E-state index is -1.10. The summed E-state index contributed by atoms with van der Waals surface area (Å²) in [6, 6.07) is -0.935. The molecule has 7 heteroatoms. The summed E-state index contributed by atoms with van der Waals surface area (Å²) in [5.41, 5.74) is 5.65. The van der Waals surface area contributed by atoms with E-state index >= 15 is 0 Å². The maximum Gasteiger partial charge on any atom is 0.305 e. The summed E-state index contributed by atoms with van der Waals surface area (Å²) in [6.07, 6.45) is 0.254. The van der Waals surface area contributed by atoms with Gasteiger partial charge in [0.15, 0.2) is 0 Å². The van der Waals surface area contributed by atoms with Crippen molar-refractivity contribution in [2.24, 2.45) is 17.6 Å². The van der Waals surface area contributed by atoms with Crippen molar-refractivity contribution >= 4 is 17.8 Å². The topological polar surface area (TPSA) is 113 Å². The van der Waals surface area contributed by atoms with E-state index in [1.807, 2.05) is 13.8 Å². The summed E-state index contributed by atoms with van der Waals surface area (Å²) < 4.78 is 0. The second kappa shape index (κ2) is 7.23. The average Bonchev–Trinajstić information content (AvgIpc) is 2.37. The molecule has 2 amide bonds. The molecule has 1 aliphatic rings. The maximum absolute atomic E-state index is 12.5. The second-order valence-electron chi connectivity index (χ2n) is 5.50. The van der Waals surface area contributed by atoms with Crippen LogP contribution in [0.4, 0.5) is 0 Å². The lowest BCUT2D eigenvalue weighted by Crippen LogP contribution is -2.59. The Morgan fingerprint density at radius 1 is 1.50 bits per heavy atom. The molecule has 1 rings (SSSR count). The van der Waals surface area contributed by atoms with Crippen molar-refractivity contribution in [2.45, 2.75) is 32.7 Å². The van der Waals surface area contributed by atoms with Crippen LogP contribution in [-0.4, -0.2) is 53.5 Å². The maximum atomic E-state index is 12.5. The number of carbonyl (C=O) groups excluding carboxylic acids is 2. The molecule has 20 heavy (non-hydrogen) atoms. The highest BCUT2D eigenvalue weighted by Gasteiger charge is 2.37. The Kier molecular flexibility index (Phi) is 5.94. The van der Waals surface area contributed by atoms with Crippen LogP contribution in [0.1, 0.15) is 26.7 Å². The summed E-state index contributed by atoms with van der Waals surface area (Å²) in [4.78, 5) is 36.5. The van der Waals surface area contributed by atoms with Gasteiger partial charge in [0.2, 0.25) is 11.8 Å². The highest BCUT2D eigenvalue weighted by Crippen LogP contribution is 2.18. The lowest BCUT2D eigenvalue weighted by Gasteiger charge is -2.36. The van der Waals surface area contributed by atoms with Crippen molar-refractivity contribution < 1.29 is 19.5 Å². The van der Waals surface area contributed by atoms with Crippen molar-refractivity contribution in [1.82, 2.24) is 10.2 Å². The van der Waals surface area contributed by atoms with Gasteiger partial charge in [-0.2, -0.15) is 0 Å².